The molecule has 1 N–H and O–H groups in total. The normalized spacial score (nSPS) is 13.5. The van der Waals surface area contributed by atoms with Crippen molar-refractivity contribution in [1.82, 2.24) is 10.3 Å². The van der Waals surface area contributed by atoms with Gasteiger partial charge >= 0.3 is 0 Å². The molecule has 1 aliphatic heterocycles. The number of rotatable bonds is 7. The predicted molar refractivity (Wildman–Crippen MR) is 112 cm³/mol. The van der Waals surface area contributed by atoms with Gasteiger partial charge in [0.25, 0.3) is 5.91 Å². The van der Waals surface area contributed by atoms with Crippen LogP contribution in [0.15, 0.2) is 59.4 Å². The molecule has 0 spiro atoms. The summed E-state index contributed by atoms with van der Waals surface area (Å²) in [6.07, 6.45) is 1.53. The second-order valence-corrected chi connectivity index (χ2v) is 7.51. The Morgan fingerprint density at radius 2 is 1.93 bits per heavy atom. The number of hydrogen-bond donors (Lipinski definition) is 1. The lowest BCUT2D eigenvalue weighted by molar-refractivity contribution is -0.117. The molecule has 7 heteroatoms. The first-order valence-corrected chi connectivity index (χ1v) is 10.4. The molecule has 1 fully saturated rings. The predicted octanol–water partition coefficient (Wildman–Crippen LogP) is 3.78. The summed E-state index contributed by atoms with van der Waals surface area (Å²) >= 11 is 1.53. The van der Waals surface area contributed by atoms with E-state index in [9.17, 15) is 9.59 Å². The lowest BCUT2D eigenvalue weighted by Crippen LogP contribution is -2.24. The third-order valence-electron chi connectivity index (χ3n) is 4.76. The number of aromatic nitrogens is 1. The maximum atomic E-state index is 12.4. The third kappa shape index (κ3) is 4.81. The first-order chi connectivity index (χ1) is 14.2. The number of hydrogen-bond acceptors (Lipinski definition) is 5. The summed E-state index contributed by atoms with van der Waals surface area (Å²) < 4.78 is 5.66. The summed E-state index contributed by atoms with van der Waals surface area (Å²) in [4.78, 5) is 30.2. The minimum Gasteiger partial charge on any atom is -0.487 e. The summed E-state index contributed by atoms with van der Waals surface area (Å²) in [6.45, 7) is 1.61. The zero-order valence-electron chi connectivity index (χ0n) is 15.8. The average molecular weight is 407 g/mol. The van der Waals surface area contributed by atoms with Crippen molar-refractivity contribution in [2.24, 2.45) is 0 Å². The summed E-state index contributed by atoms with van der Waals surface area (Å²) in [6, 6.07) is 14.8. The number of nitrogens with zero attached hydrogens (tertiary/aromatic N) is 2. The number of thiazole rings is 1. The summed E-state index contributed by atoms with van der Waals surface area (Å²) in [5.74, 6) is 0.724. The largest absolute Gasteiger partial charge is 0.487 e. The van der Waals surface area contributed by atoms with Gasteiger partial charge in [0.1, 0.15) is 12.4 Å². The Morgan fingerprint density at radius 3 is 2.59 bits per heavy atom. The van der Waals surface area contributed by atoms with Gasteiger partial charge in [-0.2, -0.15) is 0 Å². The number of carbonyl (C=O) groups excluding carboxylic acids is 2. The van der Waals surface area contributed by atoms with E-state index in [1.165, 1.54) is 11.3 Å². The van der Waals surface area contributed by atoms with Crippen LogP contribution >= 0.6 is 11.3 Å². The molecule has 29 heavy (non-hydrogen) atoms. The molecule has 2 heterocycles. The molecule has 0 bridgehead atoms. The minimum absolute atomic E-state index is 0.144. The molecule has 0 atom stereocenters. The average Bonchev–Trinajstić information content (AvgIpc) is 3.43. The second-order valence-electron chi connectivity index (χ2n) is 6.79. The van der Waals surface area contributed by atoms with Gasteiger partial charge in [-0.25, -0.2) is 4.98 Å². The number of amides is 2. The number of benzene rings is 2. The molecule has 1 aliphatic rings. The van der Waals surface area contributed by atoms with E-state index in [-0.39, 0.29) is 11.8 Å². The Hall–Kier alpha value is -3.19. The topological polar surface area (TPSA) is 71.5 Å². The van der Waals surface area contributed by atoms with Crippen molar-refractivity contribution in [3.8, 4) is 5.75 Å². The molecule has 1 saturated heterocycles. The lowest BCUT2D eigenvalue weighted by atomic mass is 10.1. The van der Waals surface area contributed by atoms with Gasteiger partial charge in [0.15, 0.2) is 0 Å². The van der Waals surface area contributed by atoms with E-state index in [0.717, 1.165) is 29.9 Å². The quantitative estimate of drug-likeness (QED) is 0.647. The van der Waals surface area contributed by atoms with Gasteiger partial charge in [-0.3, -0.25) is 9.59 Å². The highest BCUT2D eigenvalue weighted by Gasteiger charge is 2.21. The fraction of sp³-hybridized carbons (Fsp3) is 0.227. The van der Waals surface area contributed by atoms with Gasteiger partial charge in [-0.1, -0.05) is 12.1 Å². The molecule has 1 aromatic heterocycles. The molecule has 6 nitrogen and oxygen atoms in total. The van der Waals surface area contributed by atoms with Crippen molar-refractivity contribution in [3.63, 3.8) is 0 Å². The Bertz CT molecular complexity index is 970. The van der Waals surface area contributed by atoms with E-state index >= 15 is 0 Å². The van der Waals surface area contributed by atoms with Crippen LogP contribution in [0.25, 0.3) is 0 Å². The highest BCUT2D eigenvalue weighted by atomic mass is 32.1. The molecule has 0 radical (unpaired) electrons. The van der Waals surface area contributed by atoms with Crippen LogP contribution in [0.2, 0.25) is 0 Å². The van der Waals surface area contributed by atoms with Gasteiger partial charge in [0.05, 0.1) is 11.2 Å². The Labute approximate surface area is 173 Å². The Kier molecular flexibility index (Phi) is 5.86. The first kappa shape index (κ1) is 19.1. The van der Waals surface area contributed by atoms with Crippen LogP contribution in [-0.4, -0.2) is 23.3 Å². The van der Waals surface area contributed by atoms with Crippen molar-refractivity contribution in [2.75, 3.05) is 11.4 Å². The molecule has 2 aromatic carbocycles. The van der Waals surface area contributed by atoms with Crippen LogP contribution in [0.4, 0.5) is 5.69 Å². The first-order valence-electron chi connectivity index (χ1n) is 9.46. The van der Waals surface area contributed by atoms with Crippen LogP contribution in [-0.2, 0) is 17.9 Å². The number of anilines is 1. The number of nitrogens with one attached hydrogen (secondary N) is 1. The highest BCUT2D eigenvalue weighted by molar-refractivity contribution is 7.07. The molecule has 0 saturated carbocycles. The zero-order valence-corrected chi connectivity index (χ0v) is 16.7. The Balaban J connectivity index is 1.28. The molecule has 0 unspecified atom stereocenters. The zero-order chi connectivity index (χ0) is 20.1. The van der Waals surface area contributed by atoms with Crippen LogP contribution in [0, 0.1) is 0 Å². The van der Waals surface area contributed by atoms with Crippen molar-refractivity contribution in [3.05, 3.63) is 76.2 Å². The van der Waals surface area contributed by atoms with Gasteiger partial charge in [-0.05, 0) is 48.4 Å². The number of ether oxygens (including phenoxy) is 1. The van der Waals surface area contributed by atoms with Gasteiger partial charge < -0.3 is 15.0 Å². The second kappa shape index (κ2) is 8.87. The minimum atomic E-state index is -0.144. The van der Waals surface area contributed by atoms with E-state index in [1.807, 2.05) is 29.6 Å². The molecule has 4 rings (SSSR count). The molecule has 2 amide bonds. The maximum absolute atomic E-state index is 12.4. The maximum Gasteiger partial charge on any atom is 0.251 e. The summed E-state index contributed by atoms with van der Waals surface area (Å²) in [7, 11) is 0. The highest BCUT2D eigenvalue weighted by Crippen LogP contribution is 2.21. The van der Waals surface area contributed by atoms with Crippen LogP contribution in [0.1, 0.15) is 34.5 Å². The molecule has 0 aliphatic carbocycles. The molecular formula is C22H21N3O3S. The fourth-order valence-corrected chi connectivity index (χ4v) is 3.71. The van der Waals surface area contributed by atoms with Crippen LogP contribution in [0.3, 0.4) is 0 Å². The van der Waals surface area contributed by atoms with Crippen molar-refractivity contribution in [1.29, 1.82) is 0 Å². The van der Waals surface area contributed by atoms with E-state index in [2.05, 4.69) is 10.3 Å². The SMILES string of the molecule is O=C(NCc1ccc(N2CCCC2=O)cc1)c1ccc(OCc2cscn2)cc1. The van der Waals surface area contributed by atoms with E-state index in [4.69, 9.17) is 4.74 Å². The van der Waals surface area contributed by atoms with Crippen LogP contribution < -0.4 is 15.0 Å². The lowest BCUT2D eigenvalue weighted by Gasteiger charge is -2.16. The molecular weight excluding hydrogens is 386 g/mol. The number of carbonyl (C=O) groups is 2. The molecule has 148 valence electrons. The van der Waals surface area contributed by atoms with Crippen LogP contribution in [0.5, 0.6) is 5.75 Å². The standard InChI is InChI=1S/C22H21N3O3S/c26-21-2-1-11-25(21)19-7-3-16(4-8-19)12-23-22(27)17-5-9-20(10-6-17)28-13-18-14-29-15-24-18/h3-10,14-15H,1-2,11-13H2,(H,23,27). The third-order valence-corrected chi connectivity index (χ3v) is 5.40. The van der Waals surface area contributed by atoms with E-state index < -0.39 is 0 Å². The smallest absolute Gasteiger partial charge is 0.251 e. The Morgan fingerprint density at radius 1 is 1.14 bits per heavy atom. The monoisotopic (exact) mass is 407 g/mol. The summed E-state index contributed by atoms with van der Waals surface area (Å²) in [5, 5.41) is 4.86. The van der Waals surface area contributed by atoms with Crippen molar-refractivity contribution >= 4 is 28.8 Å². The van der Waals surface area contributed by atoms with Gasteiger partial charge in [-0.15, -0.1) is 11.3 Å². The van der Waals surface area contributed by atoms with Crippen molar-refractivity contribution < 1.29 is 14.3 Å². The fourth-order valence-electron chi connectivity index (χ4n) is 3.17. The summed E-state index contributed by atoms with van der Waals surface area (Å²) in [5.41, 5.74) is 5.13. The van der Waals surface area contributed by atoms with Gasteiger partial charge in [0.2, 0.25) is 5.91 Å². The van der Waals surface area contributed by atoms with Crippen molar-refractivity contribution in [2.45, 2.75) is 26.0 Å². The van der Waals surface area contributed by atoms with E-state index in [0.29, 0.717) is 30.9 Å². The van der Waals surface area contributed by atoms with E-state index in [1.54, 1.807) is 34.7 Å². The molecule has 3 aromatic rings. The van der Waals surface area contributed by atoms with Gasteiger partial charge in [0, 0.05) is 36.1 Å².